The molecule has 1 aromatic carbocycles. The van der Waals surface area contributed by atoms with Gasteiger partial charge in [-0.3, -0.25) is 0 Å². The van der Waals surface area contributed by atoms with E-state index in [1.54, 1.807) is 7.11 Å². The number of hydrogen-bond acceptors (Lipinski definition) is 4. The van der Waals surface area contributed by atoms with Gasteiger partial charge >= 0.3 is 6.09 Å². The molecule has 0 spiro atoms. The smallest absolute Gasteiger partial charge is 0.404 e. The molecule has 1 saturated carbocycles. The lowest BCUT2D eigenvalue weighted by atomic mass is 9.76. The van der Waals surface area contributed by atoms with E-state index in [0.717, 1.165) is 18.6 Å². The number of methoxy groups -OCH3 is 1. The van der Waals surface area contributed by atoms with Gasteiger partial charge in [-0.05, 0) is 36.5 Å². The molecular formula is C14H20N2O3. The molecule has 0 bridgehead atoms. The van der Waals surface area contributed by atoms with Crippen molar-refractivity contribution in [3.8, 4) is 5.75 Å². The summed E-state index contributed by atoms with van der Waals surface area (Å²) in [4.78, 5) is 10.4. The molecule has 1 aliphatic carbocycles. The quantitative estimate of drug-likeness (QED) is 0.766. The number of benzene rings is 1. The third kappa shape index (κ3) is 3.86. The number of amides is 1. The Kier molecular flexibility index (Phi) is 4.63. The zero-order valence-corrected chi connectivity index (χ0v) is 11.1. The highest BCUT2D eigenvalue weighted by molar-refractivity contribution is 5.64. The lowest BCUT2D eigenvalue weighted by Gasteiger charge is -2.36. The van der Waals surface area contributed by atoms with Gasteiger partial charge in [0.2, 0.25) is 0 Å². The van der Waals surface area contributed by atoms with E-state index in [2.05, 4.69) is 22.2 Å². The lowest BCUT2D eigenvalue weighted by molar-refractivity contribution is 0.152. The number of rotatable bonds is 6. The number of carbonyl (C=O) groups is 1. The van der Waals surface area contributed by atoms with Gasteiger partial charge in [0.1, 0.15) is 12.4 Å². The number of primary amides is 1. The predicted molar refractivity (Wildman–Crippen MR) is 72.3 cm³/mol. The summed E-state index contributed by atoms with van der Waals surface area (Å²) in [7, 11) is 1.67. The number of ether oxygens (including phenoxy) is 2. The minimum absolute atomic E-state index is 0.332. The van der Waals surface area contributed by atoms with Crippen LogP contribution in [0.5, 0.6) is 5.75 Å². The summed E-state index contributed by atoms with van der Waals surface area (Å²) < 4.78 is 9.80. The van der Waals surface area contributed by atoms with E-state index in [9.17, 15) is 4.79 Å². The summed E-state index contributed by atoms with van der Waals surface area (Å²) in [5, 5.41) is 3.34. The van der Waals surface area contributed by atoms with E-state index in [-0.39, 0.29) is 0 Å². The number of hydrogen-bond donors (Lipinski definition) is 2. The van der Waals surface area contributed by atoms with Crippen molar-refractivity contribution in [1.29, 1.82) is 0 Å². The molecule has 2 rings (SSSR count). The van der Waals surface area contributed by atoms with Crippen molar-refractivity contribution in [3.05, 3.63) is 29.8 Å². The van der Waals surface area contributed by atoms with Crippen molar-refractivity contribution in [3.63, 3.8) is 0 Å². The Bertz CT molecular complexity index is 413. The molecule has 0 aromatic heterocycles. The Labute approximate surface area is 113 Å². The van der Waals surface area contributed by atoms with Crippen LogP contribution in [0.4, 0.5) is 4.79 Å². The highest BCUT2D eigenvalue weighted by Crippen LogP contribution is 2.37. The molecule has 3 N–H and O–H groups in total. The fourth-order valence-electron chi connectivity index (χ4n) is 2.35. The molecule has 1 aliphatic rings. The summed E-state index contributed by atoms with van der Waals surface area (Å²) in [6, 6.07) is 8.74. The second kappa shape index (κ2) is 6.43. The van der Waals surface area contributed by atoms with Crippen LogP contribution in [-0.2, 0) is 4.74 Å². The van der Waals surface area contributed by atoms with Crippen molar-refractivity contribution < 1.29 is 14.3 Å². The van der Waals surface area contributed by atoms with Crippen LogP contribution in [0.2, 0.25) is 0 Å². The monoisotopic (exact) mass is 264 g/mol. The van der Waals surface area contributed by atoms with E-state index >= 15 is 0 Å². The van der Waals surface area contributed by atoms with Crippen LogP contribution >= 0.6 is 0 Å². The molecule has 0 aliphatic heterocycles. The van der Waals surface area contributed by atoms with Gasteiger partial charge in [-0.2, -0.15) is 0 Å². The third-order valence-electron chi connectivity index (χ3n) is 3.50. The SMILES string of the molecule is COc1ccc(C2CC(NCCOC(N)=O)C2)cc1. The van der Waals surface area contributed by atoms with Crippen molar-refractivity contribution in [1.82, 2.24) is 5.32 Å². The highest BCUT2D eigenvalue weighted by atomic mass is 16.5. The van der Waals surface area contributed by atoms with Crippen molar-refractivity contribution >= 4 is 6.09 Å². The minimum atomic E-state index is -0.716. The zero-order chi connectivity index (χ0) is 13.7. The average Bonchev–Trinajstić information content (AvgIpc) is 2.36. The summed E-state index contributed by atoms with van der Waals surface area (Å²) >= 11 is 0. The second-order valence-corrected chi connectivity index (χ2v) is 4.76. The molecule has 0 heterocycles. The van der Waals surface area contributed by atoms with E-state index in [4.69, 9.17) is 10.5 Å². The van der Waals surface area contributed by atoms with Crippen molar-refractivity contribution in [2.75, 3.05) is 20.3 Å². The number of nitrogens with two attached hydrogens (primary N) is 1. The summed E-state index contributed by atoms with van der Waals surface area (Å²) in [5.41, 5.74) is 6.23. The first-order chi connectivity index (χ1) is 9.19. The minimum Gasteiger partial charge on any atom is -0.497 e. The molecule has 19 heavy (non-hydrogen) atoms. The molecule has 1 fully saturated rings. The molecule has 0 saturated heterocycles. The maximum atomic E-state index is 10.4. The van der Waals surface area contributed by atoms with Crippen molar-refractivity contribution in [2.45, 2.75) is 24.8 Å². The predicted octanol–water partition coefficient (Wildman–Crippen LogP) is 1.63. The van der Waals surface area contributed by atoms with Gasteiger partial charge in [-0.25, -0.2) is 4.79 Å². The maximum Gasteiger partial charge on any atom is 0.404 e. The summed E-state index contributed by atoms with van der Waals surface area (Å²) in [5.74, 6) is 1.50. The molecule has 0 atom stereocenters. The van der Waals surface area contributed by atoms with Gasteiger partial charge in [-0.1, -0.05) is 12.1 Å². The van der Waals surface area contributed by atoms with E-state index < -0.39 is 6.09 Å². The molecule has 0 radical (unpaired) electrons. The highest BCUT2D eigenvalue weighted by Gasteiger charge is 2.29. The first kappa shape index (κ1) is 13.7. The number of carbonyl (C=O) groups excluding carboxylic acids is 1. The Morgan fingerprint density at radius 1 is 1.37 bits per heavy atom. The topological polar surface area (TPSA) is 73.6 Å². The van der Waals surface area contributed by atoms with Gasteiger partial charge in [0.05, 0.1) is 7.11 Å². The van der Waals surface area contributed by atoms with Crippen molar-refractivity contribution in [2.24, 2.45) is 5.73 Å². The first-order valence-electron chi connectivity index (χ1n) is 6.48. The standard InChI is InChI=1S/C14H20N2O3/c1-18-13-4-2-10(3-5-13)11-8-12(9-11)16-6-7-19-14(15)17/h2-5,11-12,16H,6-9H2,1H3,(H2,15,17). The van der Waals surface area contributed by atoms with Gasteiger partial charge < -0.3 is 20.5 Å². The Morgan fingerprint density at radius 2 is 2.05 bits per heavy atom. The Hall–Kier alpha value is -1.75. The first-order valence-corrected chi connectivity index (χ1v) is 6.48. The van der Waals surface area contributed by atoms with Gasteiger partial charge in [0.15, 0.2) is 0 Å². The van der Waals surface area contributed by atoms with Crippen LogP contribution in [0, 0.1) is 0 Å². The maximum absolute atomic E-state index is 10.4. The second-order valence-electron chi connectivity index (χ2n) is 4.76. The van der Waals surface area contributed by atoms with E-state index in [1.165, 1.54) is 5.56 Å². The fraction of sp³-hybridized carbons (Fsp3) is 0.500. The van der Waals surface area contributed by atoms with Crippen LogP contribution < -0.4 is 15.8 Å². The van der Waals surface area contributed by atoms with E-state index in [0.29, 0.717) is 25.1 Å². The summed E-state index contributed by atoms with van der Waals surface area (Å²) in [6.07, 6.45) is 1.51. The Morgan fingerprint density at radius 3 is 2.63 bits per heavy atom. The van der Waals surface area contributed by atoms with Crippen LogP contribution in [-0.4, -0.2) is 32.4 Å². The molecule has 104 valence electrons. The van der Waals surface area contributed by atoms with E-state index in [1.807, 2.05) is 12.1 Å². The zero-order valence-electron chi connectivity index (χ0n) is 11.1. The summed E-state index contributed by atoms with van der Waals surface area (Å²) in [6.45, 7) is 0.988. The van der Waals surface area contributed by atoms with Gasteiger partial charge in [-0.15, -0.1) is 0 Å². The molecule has 1 aromatic rings. The molecule has 5 nitrogen and oxygen atoms in total. The Balaban J connectivity index is 1.66. The largest absolute Gasteiger partial charge is 0.497 e. The van der Waals surface area contributed by atoms with Crippen LogP contribution in [0.1, 0.15) is 24.3 Å². The number of nitrogens with one attached hydrogen (secondary N) is 1. The lowest BCUT2D eigenvalue weighted by Crippen LogP contribution is -2.41. The van der Waals surface area contributed by atoms with Crippen LogP contribution in [0.25, 0.3) is 0 Å². The molecule has 5 heteroatoms. The molecule has 1 amide bonds. The molecular weight excluding hydrogens is 244 g/mol. The third-order valence-corrected chi connectivity index (χ3v) is 3.50. The normalized spacial score (nSPS) is 21.5. The molecule has 0 unspecified atom stereocenters. The fourth-order valence-corrected chi connectivity index (χ4v) is 2.35. The van der Waals surface area contributed by atoms with Crippen LogP contribution in [0.15, 0.2) is 24.3 Å². The van der Waals surface area contributed by atoms with Gasteiger partial charge in [0, 0.05) is 12.6 Å². The van der Waals surface area contributed by atoms with Crippen LogP contribution in [0.3, 0.4) is 0 Å². The van der Waals surface area contributed by atoms with Gasteiger partial charge in [0.25, 0.3) is 0 Å². The average molecular weight is 264 g/mol.